The number of hydrogen-bond donors (Lipinski definition) is 0. The highest BCUT2D eigenvalue weighted by molar-refractivity contribution is 6.39. The second kappa shape index (κ2) is 5.00. The molecule has 2 aromatic rings. The van der Waals surface area contributed by atoms with E-state index in [4.69, 9.17) is 34.8 Å². The molecule has 0 aliphatic rings. The second-order valence-corrected chi connectivity index (χ2v) is 4.20. The van der Waals surface area contributed by atoms with E-state index in [1.165, 1.54) is 6.33 Å². The second-order valence-electron chi connectivity index (χ2n) is 3.11. The summed E-state index contributed by atoms with van der Waals surface area (Å²) in [6.07, 6.45) is 3.11. The molecule has 0 aliphatic carbocycles. The van der Waals surface area contributed by atoms with Crippen LogP contribution < -0.4 is 0 Å². The van der Waals surface area contributed by atoms with Gasteiger partial charge in [0.2, 0.25) is 0 Å². The van der Waals surface area contributed by atoms with Gasteiger partial charge in [-0.2, -0.15) is 0 Å². The molecule has 0 saturated heterocycles. The van der Waals surface area contributed by atoms with Crippen LogP contribution in [0.5, 0.6) is 0 Å². The maximum atomic E-state index is 6.11. The van der Waals surface area contributed by atoms with E-state index in [9.17, 15) is 0 Å². The standard InChI is InChI=1S/C11H7Cl3N2/c12-4-10-7(5-15-6-16-10)11-8(13)2-1-3-9(11)14/h1-3,5-6H,4H2. The van der Waals surface area contributed by atoms with Gasteiger partial charge in [-0.05, 0) is 12.1 Å². The van der Waals surface area contributed by atoms with E-state index in [0.29, 0.717) is 21.6 Å². The Bertz CT molecular complexity index is 494. The summed E-state index contributed by atoms with van der Waals surface area (Å²) in [5.74, 6) is 0.291. The Hall–Kier alpha value is -0.830. The molecule has 16 heavy (non-hydrogen) atoms. The average Bonchev–Trinajstić information content (AvgIpc) is 2.29. The van der Waals surface area contributed by atoms with Crippen LogP contribution in [-0.2, 0) is 5.88 Å². The molecule has 1 aromatic heterocycles. The summed E-state index contributed by atoms with van der Waals surface area (Å²) in [6.45, 7) is 0. The van der Waals surface area contributed by atoms with E-state index >= 15 is 0 Å². The number of aromatic nitrogens is 2. The van der Waals surface area contributed by atoms with Crippen molar-refractivity contribution in [2.24, 2.45) is 0 Å². The lowest BCUT2D eigenvalue weighted by Crippen LogP contribution is -1.93. The molecule has 0 unspecified atom stereocenters. The molecule has 0 atom stereocenters. The van der Waals surface area contributed by atoms with Crippen LogP contribution in [0.25, 0.3) is 11.1 Å². The first-order valence-electron chi connectivity index (χ1n) is 4.53. The molecule has 82 valence electrons. The Balaban J connectivity index is 2.67. The van der Waals surface area contributed by atoms with E-state index in [1.54, 1.807) is 24.4 Å². The first kappa shape index (κ1) is 11.6. The number of nitrogens with zero attached hydrogens (tertiary/aromatic N) is 2. The summed E-state index contributed by atoms with van der Waals surface area (Å²) in [4.78, 5) is 8.06. The lowest BCUT2D eigenvalue weighted by Gasteiger charge is -2.09. The molecule has 0 fully saturated rings. The highest BCUT2D eigenvalue weighted by Gasteiger charge is 2.12. The molecule has 0 radical (unpaired) electrons. The molecule has 0 aliphatic heterocycles. The van der Waals surface area contributed by atoms with Crippen LogP contribution >= 0.6 is 34.8 Å². The van der Waals surface area contributed by atoms with Gasteiger partial charge in [0.05, 0.1) is 21.6 Å². The van der Waals surface area contributed by atoms with Gasteiger partial charge in [-0.15, -0.1) is 11.6 Å². The van der Waals surface area contributed by atoms with Crippen LogP contribution in [0.3, 0.4) is 0 Å². The number of rotatable bonds is 2. The summed E-state index contributed by atoms with van der Waals surface area (Å²) in [5, 5.41) is 1.13. The molecule has 2 nitrogen and oxygen atoms in total. The predicted octanol–water partition coefficient (Wildman–Crippen LogP) is 4.19. The fourth-order valence-corrected chi connectivity index (χ4v) is 2.24. The first-order valence-corrected chi connectivity index (χ1v) is 5.82. The summed E-state index contributed by atoms with van der Waals surface area (Å²) >= 11 is 18.0. The molecular weight excluding hydrogens is 266 g/mol. The van der Waals surface area contributed by atoms with Crippen molar-refractivity contribution in [3.8, 4) is 11.1 Å². The van der Waals surface area contributed by atoms with Crippen molar-refractivity contribution in [3.63, 3.8) is 0 Å². The van der Waals surface area contributed by atoms with E-state index in [1.807, 2.05) is 0 Å². The molecule has 0 bridgehead atoms. The SMILES string of the molecule is ClCc1ncncc1-c1c(Cl)cccc1Cl. The van der Waals surface area contributed by atoms with Crippen LogP contribution in [0.2, 0.25) is 10.0 Å². The minimum atomic E-state index is 0.291. The van der Waals surface area contributed by atoms with Gasteiger partial charge in [0.25, 0.3) is 0 Å². The Morgan fingerprint density at radius 3 is 2.44 bits per heavy atom. The Kier molecular flexibility index (Phi) is 3.64. The van der Waals surface area contributed by atoms with Crippen molar-refractivity contribution in [1.29, 1.82) is 0 Å². The van der Waals surface area contributed by atoms with E-state index in [2.05, 4.69) is 9.97 Å². The molecule has 5 heteroatoms. The van der Waals surface area contributed by atoms with Gasteiger partial charge in [-0.25, -0.2) is 9.97 Å². The summed E-state index contributed by atoms with van der Waals surface area (Å²) in [5.41, 5.74) is 2.21. The molecule has 0 N–H and O–H groups in total. The van der Waals surface area contributed by atoms with Crippen molar-refractivity contribution in [2.45, 2.75) is 5.88 Å². The third-order valence-corrected chi connectivity index (χ3v) is 3.04. The number of halogens is 3. The van der Waals surface area contributed by atoms with Crippen molar-refractivity contribution in [1.82, 2.24) is 9.97 Å². The zero-order chi connectivity index (χ0) is 11.5. The maximum Gasteiger partial charge on any atom is 0.115 e. The smallest absolute Gasteiger partial charge is 0.115 e. The first-order chi connectivity index (χ1) is 7.74. The van der Waals surface area contributed by atoms with Crippen LogP contribution in [0.4, 0.5) is 0 Å². The monoisotopic (exact) mass is 272 g/mol. The third kappa shape index (κ3) is 2.14. The van der Waals surface area contributed by atoms with Gasteiger partial charge in [0, 0.05) is 17.3 Å². The molecule has 1 aromatic carbocycles. The highest BCUT2D eigenvalue weighted by atomic mass is 35.5. The quantitative estimate of drug-likeness (QED) is 0.767. The van der Waals surface area contributed by atoms with Crippen molar-refractivity contribution in [3.05, 3.63) is 46.5 Å². The van der Waals surface area contributed by atoms with Crippen molar-refractivity contribution >= 4 is 34.8 Å². The third-order valence-electron chi connectivity index (χ3n) is 2.15. The molecular formula is C11H7Cl3N2. The molecule has 0 saturated carbocycles. The van der Waals surface area contributed by atoms with Crippen molar-refractivity contribution < 1.29 is 0 Å². The van der Waals surface area contributed by atoms with E-state index in [-0.39, 0.29) is 0 Å². The van der Waals surface area contributed by atoms with Gasteiger partial charge in [-0.3, -0.25) is 0 Å². The molecule has 1 heterocycles. The van der Waals surface area contributed by atoms with Gasteiger partial charge in [0.1, 0.15) is 6.33 Å². The number of hydrogen-bond acceptors (Lipinski definition) is 2. The zero-order valence-electron chi connectivity index (χ0n) is 8.12. The average molecular weight is 274 g/mol. The largest absolute Gasteiger partial charge is 0.244 e. The lowest BCUT2D eigenvalue weighted by atomic mass is 10.1. The minimum absolute atomic E-state index is 0.291. The normalized spacial score (nSPS) is 10.4. The van der Waals surface area contributed by atoms with Crippen LogP contribution in [0, 0.1) is 0 Å². The van der Waals surface area contributed by atoms with Crippen LogP contribution in [0.1, 0.15) is 5.69 Å². The van der Waals surface area contributed by atoms with Gasteiger partial charge >= 0.3 is 0 Å². The summed E-state index contributed by atoms with van der Waals surface area (Å²) in [7, 11) is 0. The fourth-order valence-electron chi connectivity index (χ4n) is 1.43. The van der Waals surface area contributed by atoms with Gasteiger partial charge in [0.15, 0.2) is 0 Å². The Labute approximate surface area is 108 Å². The molecule has 2 rings (SSSR count). The minimum Gasteiger partial charge on any atom is -0.244 e. The van der Waals surface area contributed by atoms with Crippen molar-refractivity contribution in [2.75, 3.05) is 0 Å². The van der Waals surface area contributed by atoms with Crippen LogP contribution in [0.15, 0.2) is 30.7 Å². The summed E-state index contributed by atoms with van der Waals surface area (Å²) in [6, 6.07) is 5.33. The molecule has 0 amide bonds. The highest BCUT2D eigenvalue weighted by Crippen LogP contribution is 2.35. The topological polar surface area (TPSA) is 25.8 Å². The van der Waals surface area contributed by atoms with E-state index in [0.717, 1.165) is 11.1 Å². The van der Waals surface area contributed by atoms with Gasteiger partial charge < -0.3 is 0 Å². The lowest BCUT2D eigenvalue weighted by molar-refractivity contribution is 1.09. The maximum absolute atomic E-state index is 6.11. The van der Waals surface area contributed by atoms with Crippen LogP contribution in [-0.4, -0.2) is 9.97 Å². The zero-order valence-corrected chi connectivity index (χ0v) is 10.4. The van der Waals surface area contributed by atoms with Gasteiger partial charge in [-0.1, -0.05) is 29.3 Å². The van der Waals surface area contributed by atoms with E-state index < -0.39 is 0 Å². The molecule has 0 spiro atoms. The Morgan fingerprint density at radius 2 is 1.81 bits per heavy atom. The number of alkyl halides is 1. The summed E-state index contributed by atoms with van der Waals surface area (Å²) < 4.78 is 0. The Morgan fingerprint density at radius 1 is 1.12 bits per heavy atom. The predicted molar refractivity (Wildman–Crippen MR) is 67.0 cm³/mol. The number of benzene rings is 1. The fraction of sp³-hybridized carbons (Fsp3) is 0.0909.